The van der Waals surface area contributed by atoms with E-state index in [0.29, 0.717) is 21.8 Å². The van der Waals surface area contributed by atoms with Crippen LogP contribution in [0.25, 0.3) is 0 Å². The van der Waals surface area contributed by atoms with Gasteiger partial charge in [-0.1, -0.05) is 30.3 Å². The van der Waals surface area contributed by atoms with E-state index in [0.717, 1.165) is 25.7 Å². The Balaban J connectivity index is 1.85. The lowest BCUT2D eigenvalue weighted by Gasteiger charge is -2.42. The second kappa shape index (κ2) is 7.10. The number of hydrogen-bond acceptors (Lipinski definition) is 4. The van der Waals surface area contributed by atoms with Crippen LogP contribution in [0, 0.1) is 0 Å². The van der Waals surface area contributed by atoms with E-state index in [9.17, 15) is 9.59 Å². The first-order valence-electron chi connectivity index (χ1n) is 8.96. The number of rotatable bonds is 5. The maximum atomic E-state index is 12.8. The van der Waals surface area contributed by atoms with Crippen LogP contribution >= 0.6 is 0 Å². The summed E-state index contributed by atoms with van der Waals surface area (Å²) in [5.41, 5.74) is 6.69. The van der Waals surface area contributed by atoms with Gasteiger partial charge in [0.15, 0.2) is 11.8 Å². The van der Waals surface area contributed by atoms with Crippen molar-refractivity contribution in [1.82, 2.24) is 0 Å². The van der Waals surface area contributed by atoms with Crippen LogP contribution < -0.4 is 5.73 Å². The Hall–Kier alpha value is -1.98. The number of likely N-dealkylation sites (N-methyl/N-ethyl adjacent to an activating group) is 1. The number of hydrogen-bond donors (Lipinski definition) is 1. The molecule has 1 heterocycles. The number of ketones is 2. The summed E-state index contributed by atoms with van der Waals surface area (Å²) < 4.78 is 5.76. The van der Waals surface area contributed by atoms with Gasteiger partial charge in [0.2, 0.25) is 5.76 Å². The summed E-state index contributed by atoms with van der Waals surface area (Å²) in [6.07, 6.45) is 5.96. The average Bonchev–Trinajstić information content (AvgIpc) is 2.88. The lowest BCUT2D eigenvalue weighted by atomic mass is 9.88. The molecule has 0 bridgehead atoms. The maximum absolute atomic E-state index is 12.8. The molecule has 0 aromatic heterocycles. The van der Waals surface area contributed by atoms with Crippen LogP contribution in [-0.4, -0.2) is 48.3 Å². The van der Waals surface area contributed by atoms with Gasteiger partial charge in [0.25, 0.3) is 5.78 Å². The molecule has 0 spiro atoms. The first kappa shape index (κ1) is 17.8. The smallest absolute Gasteiger partial charge is 0.260 e. The van der Waals surface area contributed by atoms with Crippen LogP contribution in [0.4, 0.5) is 0 Å². The standard InChI is InChI=1S/C20H27N2O3/c1-22(16-10-8-15(21)9-11-16)13-19(25-2)20(24)17(22)12-18(23)14-6-4-3-5-7-14/h3-7,13,15-17H,8-12,21H2,1-2H3/q+1. The van der Waals surface area contributed by atoms with Crippen LogP contribution in [0.15, 0.2) is 42.3 Å². The molecule has 1 saturated carbocycles. The minimum Gasteiger partial charge on any atom is -0.489 e. The first-order valence-corrected chi connectivity index (χ1v) is 8.96. The van der Waals surface area contributed by atoms with Crippen molar-refractivity contribution < 1.29 is 18.8 Å². The van der Waals surface area contributed by atoms with E-state index in [4.69, 9.17) is 10.5 Å². The lowest BCUT2D eigenvalue weighted by Crippen LogP contribution is -2.56. The predicted octanol–water partition coefficient (Wildman–Crippen LogP) is 2.42. The maximum Gasteiger partial charge on any atom is 0.260 e. The Bertz CT molecular complexity index is 677. The molecule has 5 nitrogen and oxygen atoms in total. The number of ether oxygens (including phenoxy) is 1. The molecule has 2 aliphatic rings. The van der Waals surface area contributed by atoms with Gasteiger partial charge in [-0.15, -0.1) is 0 Å². The Kier molecular flexibility index (Phi) is 5.06. The number of Topliss-reactive ketones (excluding diaryl/α,β-unsaturated/α-hetero) is 2. The number of nitrogens with two attached hydrogens (primary N) is 1. The summed E-state index contributed by atoms with van der Waals surface area (Å²) in [7, 11) is 3.57. The molecular weight excluding hydrogens is 316 g/mol. The Morgan fingerprint density at radius 1 is 1.20 bits per heavy atom. The molecule has 1 fully saturated rings. The summed E-state index contributed by atoms with van der Waals surface area (Å²) in [6.45, 7) is 0. The minimum atomic E-state index is -0.415. The molecule has 134 valence electrons. The van der Waals surface area contributed by atoms with Gasteiger partial charge >= 0.3 is 0 Å². The number of benzene rings is 1. The highest BCUT2D eigenvalue weighted by Gasteiger charge is 2.52. The van der Waals surface area contributed by atoms with Gasteiger partial charge in [-0.25, -0.2) is 0 Å². The fourth-order valence-electron chi connectivity index (χ4n) is 4.20. The van der Waals surface area contributed by atoms with Crippen molar-refractivity contribution in [2.45, 2.75) is 50.2 Å². The zero-order chi connectivity index (χ0) is 18.0. The third-order valence-corrected chi connectivity index (χ3v) is 5.84. The van der Waals surface area contributed by atoms with Gasteiger partial charge in [-0.05, 0) is 12.8 Å². The van der Waals surface area contributed by atoms with Crippen LogP contribution in [0.5, 0.6) is 0 Å². The third kappa shape index (κ3) is 3.39. The highest BCUT2D eigenvalue weighted by Crippen LogP contribution is 2.37. The molecule has 2 N–H and O–H groups in total. The van der Waals surface area contributed by atoms with E-state index in [1.165, 1.54) is 7.11 Å². The van der Waals surface area contributed by atoms with E-state index in [2.05, 4.69) is 0 Å². The molecule has 1 aromatic rings. The van der Waals surface area contributed by atoms with Gasteiger partial charge in [0, 0.05) is 24.4 Å². The van der Waals surface area contributed by atoms with E-state index in [-0.39, 0.29) is 24.0 Å². The monoisotopic (exact) mass is 343 g/mol. The van der Waals surface area contributed by atoms with Crippen LogP contribution in [0.1, 0.15) is 42.5 Å². The fraction of sp³-hybridized carbons (Fsp3) is 0.500. The summed E-state index contributed by atoms with van der Waals surface area (Å²) in [6, 6.07) is 9.31. The molecule has 1 aliphatic carbocycles. The van der Waals surface area contributed by atoms with Crippen LogP contribution in [0.3, 0.4) is 0 Å². The molecule has 1 aliphatic heterocycles. The quantitative estimate of drug-likeness (QED) is 0.658. The predicted molar refractivity (Wildman–Crippen MR) is 95.7 cm³/mol. The molecule has 1 aromatic carbocycles. The molecule has 0 radical (unpaired) electrons. The molecule has 3 rings (SSSR count). The second-order valence-corrected chi connectivity index (χ2v) is 7.36. The fourth-order valence-corrected chi connectivity index (χ4v) is 4.20. The van der Waals surface area contributed by atoms with Crippen molar-refractivity contribution in [3.63, 3.8) is 0 Å². The van der Waals surface area contributed by atoms with Crippen molar-refractivity contribution in [2.24, 2.45) is 5.73 Å². The van der Waals surface area contributed by atoms with Crippen molar-refractivity contribution in [3.8, 4) is 0 Å². The van der Waals surface area contributed by atoms with Gasteiger partial charge in [-0.2, -0.15) is 0 Å². The number of quaternary nitrogens is 1. The summed E-state index contributed by atoms with van der Waals surface area (Å²) in [5.74, 6) is 0.314. The van der Waals surface area contributed by atoms with Crippen molar-refractivity contribution >= 4 is 11.6 Å². The average molecular weight is 343 g/mol. The molecule has 2 atom stereocenters. The highest BCUT2D eigenvalue weighted by molar-refractivity contribution is 6.04. The summed E-state index contributed by atoms with van der Waals surface area (Å²) in [5, 5.41) is 0. The van der Waals surface area contributed by atoms with Crippen LogP contribution in [0.2, 0.25) is 0 Å². The summed E-state index contributed by atoms with van der Waals surface area (Å²) >= 11 is 0. The van der Waals surface area contributed by atoms with Gasteiger partial charge in [-0.3, -0.25) is 14.1 Å². The highest BCUT2D eigenvalue weighted by atomic mass is 16.5. The number of methoxy groups -OCH3 is 1. The third-order valence-electron chi connectivity index (χ3n) is 5.84. The van der Waals surface area contributed by atoms with Crippen molar-refractivity contribution in [3.05, 3.63) is 47.9 Å². The van der Waals surface area contributed by atoms with Crippen molar-refractivity contribution in [1.29, 1.82) is 0 Å². The Morgan fingerprint density at radius 2 is 1.84 bits per heavy atom. The zero-order valence-electron chi connectivity index (χ0n) is 15.0. The van der Waals surface area contributed by atoms with E-state index < -0.39 is 6.04 Å². The molecule has 5 heteroatoms. The van der Waals surface area contributed by atoms with Gasteiger partial charge in [0.1, 0.15) is 6.20 Å². The molecule has 0 saturated heterocycles. The zero-order valence-corrected chi connectivity index (χ0v) is 15.0. The van der Waals surface area contributed by atoms with E-state index in [1.807, 2.05) is 31.4 Å². The number of nitrogens with zero attached hydrogens (tertiary/aromatic N) is 1. The molecule has 0 amide bonds. The van der Waals surface area contributed by atoms with Crippen molar-refractivity contribution in [2.75, 3.05) is 14.2 Å². The first-order chi connectivity index (χ1) is 12.0. The number of carbonyl (C=O) groups excluding carboxylic acids is 2. The normalized spacial score (nSPS) is 32.4. The SMILES string of the molecule is COC1=C[N+](C)(C2CCC(N)CC2)C(CC(=O)c2ccccc2)C1=O. The largest absolute Gasteiger partial charge is 0.489 e. The molecular formula is C20H27N2O3+. The molecule has 2 unspecified atom stereocenters. The second-order valence-electron chi connectivity index (χ2n) is 7.36. The Labute approximate surface area is 149 Å². The minimum absolute atomic E-state index is 0.00145. The topological polar surface area (TPSA) is 69.4 Å². The number of carbonyl (C=O) groups is 2. The van der Waals surface area contributed by atoms with E-state index >= 15 is 0 Å². The lowest BCUT2D eigenvalue weighted by molar-refractivity contribution is -0.898. The van der Waals surface area contributed by atoms with Crippen LogP contribution in [-0.2, 0) is 9.53 Å². The van der Waals surface area contributed by atoms with Gasteiger partial charge < -0.3 is 10.5 Å². The molecule has 25 heavy (non-hydrogen) atoms. The Morgan fingerprint density at radius 3 is 2.44 bits per heavy atom. The van der Waals surface area contributed by atoms with E-state index in [1.54, 1.807) is 12.1 Å². The van der Waals surface area contributed by atoms with Gasteiger partial charge in [0.05, 0.1) is 26.6 Å². The summed E-state index contributed by atoms with van der Waals surface area (Å²) in [4.78, 5) is 25.6.